The Labute approximate surface area is 344 Å². The topological polar surface area (TPSA) is 176 Å². The second-order valence-corrected chi connectivity index (χ2v) is 16.1. The van der Waals surface area contributed by atoms with Gasteiger partial charge in [0, 0.05) is 44.7 Å². The molecule has 0 fully saturated rings. The third kappa shape index (κ3) is 20.8. The first-order valence-electron chi connectivity index (χ1n) is 21.3. The minimum absolute atomic E-state index is 0.0220. The predicted molar refractivity (Wildman–Crippen MR) is 223 cm³/mol. The smallest absolute Gasteiger partial charge is 0.246 e. The first kappa shape index (κ1) is 53.7. The van der Waals surface area contributed by atoms with Crippen LogP contribution < -0.4 is 16.0 Å². The molecule has 3 N–H and O–H groups in total. The van der Waals surface area contributed by atoms with Crippen LogP contribution in [0.1, 0.15) is 116 Å². The Bertz CT molecular complexity index is 1060. The number of rotatable bonds is 31. The fraction of sp³-hybridized carbons (Fsp3) is 0.857. The zero-order chi connectivity index (χ0) is 43.7. The molecule has 0 saturated heterocycles. The molecule has 15 nitrogen and oxygen atoms in total. The van der Waals surface area contributed by atoms with E-state index >= 15 is 0 Å². The first-order valence-corrected chi connectivity index (χ1v) is 21.3. The van der Waals surface area contributed by atoms with Crippen molar-refractivity contribution < 1.29 is 43.0 Å². The van der Waals surface area contributed by atoms with E-state index in [0.29, 0.717) is 65.0 Å². The maximum Gasteiger partial charge on any atom is 0.246 e. The summed E-state index contributed by atoms with van der Waals surface area (Å²) in [5, 5.41) is 8.54. The molecule has 0 aliphatic rings. The molecule has 0 heterocycles. The number of nitrogens with one attached hydrogen (secondary N) is 3. The van der Waals surface area contributed by atoms with Crippen molar-refractivity contribution in [1.29, 1.82) is 0 Å². The van der Waals surface area contributed by atoms with Crippen LogP contribution in [0.2, 0.25) is 0 Å². The molecular formula is C42H80N6O9. The average Bonchev–Trinajstić information content (AvgIpc) is 3.14. The van der Waals surface area contributed by atoms with Crippen LogP contribution in [0.5, 0.6) is 0 Å². The van der Waals surface area contributed by atoms with Crippen molar-refractivity contribution >= 4 is 35.4 Å². The summed E-state index contributed by atoms with van der Waals surface area (Å²) in [6, 6.07) is -2.08. The van der Waals surface area contributed by atoms with E-state index < -0.39 is 41.3 Å². The average molecular weight is 813 g/mol. The summed E-state index contributed by atoms with van der Waals surface area (Å²) in [4.78, 5) is 84.0. The molecule has 15 heteroatoms. The first-order chi connectivity index (χ1) is 26.9. The molecule has 0 aromatic carbocycles. The Hall–Kier alpha value is -3.30. The van der Waals surface area contributed by atoms with Gasteiger partial charge in [0.15, 0.2) is 0 Å². The summed E-state index contributed by atoms with van der Waals surface area (Å²) in [6.45, 7) is 27.3. The molecule has 3 atom stereocenters. The fourth-order valence-corrected chi connectivity index (χ4v) is 6.57. The standard InChI is InChI=1S/C42H80N6O9/c1-14-42(27-55-24-36(49)43-33(21-30(8)9)39(52)46(15-2)16-3,28-56-25-37(50)44-34(22-31(10)11)40(53)47(17-4)18-5)29-57-26-38(51)45-35(23-32(12)13)41(54)48(19-6)20-7/h30-35H,14-29H2,1-13H3,(H,43,49)(H,44,50)(H,45,51). The highest BCUT2D eigenvalue weighted by atomic mass is 16.5. The monoisotopic (exact) mass is 813 g/mol. The highest BCUT2D eigenvalue weighted by Crippen LogP contribution is 2.24. The van der Waals surface area contributed by atoms with E-state index in [9.17, 15) is 28.8 Å². The fourth-order valence-electron chi connectivity index (χ4n) is 6.57. The summed E-state index contributed by atoms with van der Waals surface area (Å²) < 4.78 is 17.8. The summed E-state index contributed by atoms with van der Waals surface area (Å²) in [5.74, 6) is -1.29. The van der Waals surface area contributed by atoms with Gasteiger partial charge < -0.3 is 44.9 Å². The Balaban J connectivity index is 6.00. The van der Waals surface area contributed by atoms with Crippen molar-refractivity contribution in [2.24, 2.45) is 23.2 Å². The summed E-state index contributed by atoms with van der Waals surface area (Å²) >= 11 is 0. The quantitative estimate of drug-likeness (QED) is 0.0945. The SMILES string of the molecule is CCN(CC)C(=O)C(CC(C)C)NC(=O)COCC(CC)(COCC(=O)NC(CC(C)C)C(=O)N(CC)CC)COCC(=O)NC(CC(C)C)C(=O)N(CC)CC. The summed E-state index contributed by atoms with van der Waals surface area (Å²) in [5.41, 5.74) is -0.891. The highest BCUT2D eigenvalue weighted by molar-refractivity contribution is 5.89. The van der Waals surface area contributed by atoms with Crippen molar-refractivity contribution in [3.05, 3.63) is 0 Å². The molecule has 0 saturated carbocycles. The second kappa shape index (κ2) is 29.0. The number of likely N-dealkylation sites (N-methyl/N-ethyl adjacent to an activating group) is 3. The summed E-state index contributed by atoms with van der Waals surface area (Å²) in [6.07, 6.45) is 1.86. The minimum Gasteiger partial charge on any atom is -0.371 e. The van der Waals surface area contributed by atoms with Gasteiger partial charge in [0.1, 0.15) is 37.9 Å². The van der Waals surface area contributed by atoms with Crippen LogP contribution in [-0.2, 0) is 43.0 Å². The molecule has 0 rings (SSSR count). The molecule has 3 unspecified atom stereocenters. The summed E-state index contributed by atoms with van der Waals surface area (Å²) in [7, 11) is 0. The van der Waals surface area contributed by atoms with Gasteiger partial charge in [-0.3, -0.25) is 28.8 Å². The molecule has 332 valence electrons. The highest BCUT2D eigenvalue weighted by Gasteiger charge is 2.33. The number of carbonyl (C=O) groups excluding carboxylic acids is 6. The number of amides is 6. The molecule has 0 aliphatic heterocycles. The van der Waals surface area contributed by atoms with E-state index in [1.54, 1.807) is 14.7 Å². The Morgan fingerprint density at radius 2 is 0.667 bits per heavy atom. The van der Waals surface area contributed by atoms with E-state index in [1.165, 1.54) is 0 Å². The van der Waals surface area contributed by atoms with Crippen LogP contribution in [0.3, 0.4) is 0 Å². The molecule has 0 spiro atoms. The van der Waals surface area contributed by atoms with Gasteiger partial charge in [-0.1, -0.05) is 48.5 Å². The van der Waals surface area contributed by atoms with Crippen LogP contribution in [0.15, 0.2) is 0 Å². The minimum atomic E-state index is -0.891. The normalized spacial score (nSPS) is 14.1. The van der Waals surface area contributed by atoms with Gasteiger partial charge in [0.05, 0.1) is 19.8 Å². The van der Waals surface area contributed by atoms with Crippen LogP contribution in [0.25, 0.3) is 0 Å². The Kier molecular flexibility index (Phi) is 27.3. The van der Waals surface area contributed by atoms with Gasteiger partial charge >= 0.3 is 0 Å². The predicted octanol–water partition coefficient (Wildman–Crippen LogP) is 3.63. The molecule has 6 amide bonds. The molecule has 0 radical (unpaired) electrons. The molecule has 0 bridgehead atoms. The molecule has 57 heavy (non-hydrogen) atoms. The lowest BCUT2D eigenvalue weighted by atomic mass is 9.88. The maximum absolute atomic E-state index is 13.2. The van der Waals surface area contributed by atoms with Gasteiger partial charge in [-0.05, 0) is 85.0 Å². The Morgan fingerprint density at radius 3 is 0.842 bits per heavy atom. The lowest BCUT2D eigenvalue weighted by Crippen LogP contribution is -2.50. The van der Waals surface area contributed by atoms with E-state index in [-0.39, 0.29) is 75.1 Å². The zero-order valence-electron chi connectivity index (χ0n) is 37.8. The molecule has 0 aliphatic carbocycles. The van der Waals surface area contributed by atoms with Crippen LogP contribution in [-0.4, -0.2) is 147 Å². The van der Waals surface area contributed by atoms with Crippen LogP contribution in [0, 0.1) is 23.2 Å². The van der Waals surface area contributed by atoms with Gasteiger partial charge in [-0.2, -0.15) is 0 Å². The molecule has 0 aromatic heterocycles. The Morgan fingerprint density at radius 1 is 0.439 bits per heavy atom. The van der Waals surface area contributed by atoms with E-state index in [1.807, 2.05) is 90.0 Å². The largest absolute Gasteiger partial charge is 0.371 e. The number of carbonyl (C=O) groups is 6. The van der Waals surface area contributed by atoms with Crippen LogP contribution >= 0.6 is 0 Å². The van der Waals surface area contributed by atoms with Gasteiger partial charge in [-0.25, -0.2) is 0 Å². The van der Waals surface area contributed by atoms with E-state index in [2.05, 4.69) is 16.0 Å². The number of hydrogen-bond acceptors (Lipinski definition) is 9. The van der Waals surface area contributed by atoms with Crippen molar-refractivity contribution in [1.82, 2.24) is 30.7 Å². The molecular weight excluding hydrogens is 732 g/mol. The zero-order valence-corrected chi connectivity index (χ0v) is 37.8. The maximum atomic E-state index is 13.2. The number of hydrogen-bond donors (Lipinski definition) is 3. The van der Waals surface area contributed by atoms with Gasteiger partial charge in [-0.15, -0.1) is 0 Å². The second-order valence-electron chi connectivity index (χ2n) is 16.1. The lowest BCUT2D eigenvalue weighted by molar-refractivity contribution is -0.142. The van der Waals surface area contributed by atoms with Gasteiger partial charge in [0.25, 0.3) is 0 Å². The molecule has 0 aromatic rings. The van der Waals surface area contributed by atoms with E-state index in [4.69, 9.17) is 14.2 Å². The van der Waals surface area contributed by atoms with Crippen LogP contribution in [0.4, 0.5) is 0 Å². The van der Waals surface area contributed by atoms with Gasteiger partial charge in [0.2, 0.25) is 35.4 Å². The third-order valence-corrected chi connectivity index (χ3v) is 9.92. The van der Waals surface area contributed by atoms with Crippen molar-refractivity contribution in [2.75, 3.05) is 78.9 Å². The van der Waals surface area contributed by atoms with Crippen molar-refractivity contribution in [3.63, 3.8) is 0 Å². The van der Waals surface area contributed by atoms with Crippen molar-refractivity contribution in [3.8, 4) is 0 Å². The lowest BCUT2D eigenvalue weighted by Gasteiger charge is -2.32. The third-order valence-electron chi connectivity index (χ3n) is 9.92. The number of nitrogens with zero attached hydrogens (tertiary/aromatic N) is 3. The van der Waals surface area contributed by atoms with E-state index in [0.717, 1.165) is 0 Å². The van der Waals surface area contributed by atoms with Crippen molar-refractivity contribution in [2.45, 2.75) is 134 Å². The number of ether oxygens (including phenoxy) is 3.